The van der Waals surface area contributed by atoms with E-state index < -0.39 is 17.6 Å². The van der Waals surface area contributed by atoms with Gasteiger partial charge < -0.3 is 20.7 Å². The Morgan fingerprint density at radius 2 is 1.77 bits per heavy atom. The van der Waals surface area contributed by atoms with Gasteiger partial charge in [-0.15, -0.1) is 0 Å². The van der Waals surface area contributed by atoms with Gasteiger partial charge in [-0.1, -0.05) is 58.0 Å². The molecule has 3 N–H and O–H groups in total. The van der Waals surface area contributed by atoms with Gasteiger partial charge in [-0.3, -0.25) is 9.59 Å². The molecule has 4 rings (SSSR count). The first-order chi connectivity index (χ1) is 18.8. The van der Waals surface area contributed by atoms with Crippen LogP contribution in [-0.2, 0) is 9.59 Å². The molecule has 1 atom stereocenters. The molecule has 1 aliphatic rings. The number of ether oxygens (including phenoxy) is 1. The van der Waals surface area contributed by atoms with Gasteiger partial charge in [0, 0.05) is 27.0 Å². The van der Waals surface area contributed by atoms with Crippen molar-refractivity contribution in [3.63, 3.8) is 0 Å². The molecule has 198 valence electrons. The van der Waals surface area contributed by atoms with Crippen LogP contribution in [0.2, 0.25) is 0 Å². The number of nitriles is 1. The quantitative estimate of drug-likeness (QED) is 0.278. The number of carbonyl (C=O) groups excluding carboxylic acids is 2. The molecule has 0 fully saturated rings. The van der Waals surface area contributed by atoms with Crippen LogP contribution in [0.1, 0.15) is 18.4 Å². The molecule has 1 heterocycles. The number of anilines is 2. The molecule has 7 nitrogen and oxygen atoms in total. The summed E-state index contributed by atoms with van der Waals surface area (Å²) in [7, 11) is 1.49. The molecule has 2 amide bonds. The van der Waals surface area contributed by atoms with E-state index in [4.69, 9.17) is 4.74 Å². The van der Waals surface area contributed by atoms with Crippen molar-refractivity contribution in [3.8, 4) is 11.8 Å². The number of hydrogen-bond acceptors (Lipinski definition) is 6. The zero-order chi connectivity index (χ0) is 27.9. The minimum atomic E-state index is -0.996. The van der Waals surface area contributed by atoms with E-state index in [2.05, 4.69) is 37.9 Å². The van der Waals surface area contributed by atoms with Gasteiger partial charge in [0.25, 0.3) is 5.91 Å². The van der Waals surface area contributed by atoms with Gasteiger partial charge in [-0.25, -0.2) is 4.39 Å². The maximum absolute atomic E-state index is 15.1. The van der Waals surface area contributed by atoms with Gasteiger partial charge in [0.15, 0.2) is 0 Å². The molecule has 3 aromatic rings. The Bertz CT molecular complexity index is 1520. The zero-order valence-corrected chi connectivity index (χ0v) is 23.5. The smallest absolute Gasteiger partial charge is 0.254 e. The summed E-state index contributed by atoms with van der Waals surface area (Å²) in [5.41, 5.74) is 2.00. The number of amides is 2. The number of para-hydroxylation sites is 2. The molecule has 1 aliphatic heterocycles. The zero-order valence-electron chi connectivity index (χ0n) is 21.0. The van der Waals surface area contributed by atoms with E-state index >= 15 is 4.39 Å². The Morgan fingerprint density at radius 1 is 1.08 bits per heavy atom. The molecule has 0 radical (unpaired) electrons. The first-order valence-corrected chi connectivity index (χ1v) is 13.6. The van der Waals surface area contributed by atoms with Crippen molar-refractivity contribution in [1.82, 2.24) is 5.32 Å². The third-order valence-corrected chi connectivity index (χ3v) is 7.48. The van der Waals surface area contributed by atoms with E-state index in [-0.39, 0.29) is 28.4 Å². The lowest BCUT2D eigenvalue weighted by molar-refractivity contribution is -0.114. The summed E-state index contributed by atoms with van der Waals surface area (Å²) in [5.74, 6) is -1.89. The number of carbonyl (C=O) groups is 2. The Morgan fingerprint density at radius 3 is 2.46 bits per heavy atom. The Labute approximate surface area is 238 Å². The fraction of sp³-hybridized carbons (Fsp3) is 0.138. The van der Waals surface area contributed by atoms with Crippen molar-refractivity contribution < 1.29 is 18.7 Å². The Kier molecular flexibility index (Phi) is 9.07. The number of halogens is 2. The number of methoxy groups -OCH3 is 1. The topological polar surface area (TPSA) is 103 Å². The first-order valence-electron chi connectivity index (χ1n) is 11.8. The fourth-order valence-electron chi connectivity index (χ4n) is 4.15. The molecule has 39 heavy (non-hydrogen) atoms. The van der Waals surface area contributed by atoms with E-state index in [0.717, 1.165) is 16.2 Å². The highest BCUT2D eigenvalue weighted by Crippen LogP contribution is 2.42. The largest absolute Gasteiger partial charge is 0.495 e. The van der Waals surface area contributed by atoms with Crippen molar-refractivity contribution in [1.29, 1.82) is 5.26 Å². The third-order valence-electron chi connectivity index (χ3n) is 5.94. The van der Waals surface area contributed by atoms with E-state index in [9.17, 15) is 14.9 Å². The van der Waals surface area contributed by atoms with Gasteiger partial charge in [-0.05, 0) is 49.4 Å². The van der Waals surface area contributed by atoms with Gasteiger partial charge in [0.1, 0.15) is 11.6 Å². The standard InChI is InChI=1S/C29H24BrFN4O3S/c1-17-26(28(37)35-23-9-5-6-10-24(23)38-2)27(20-7-3-4-8-22(20)31)21(15-32)29(33-17)39-16-25(36)34-19-13-11-18(30)12-14-19/h3-14,27,33H,16H2,1-2H3,(H,34,36)(H,35,37). The molecule has 10 heteroatoms. The first kappa shape index (κ1) is 28.0. The predicted octanol–water partition coefficient (Wildman–Crippen LogP) is 6.30. The molecule has 0 spiro atoms. The molecule has 1 unspecified atom stereocenters. The van der Waals surface area contributed by atoms with Gasteiger partial charge in [-0.2, -0.15) is 5.26 Å². The number of dihydropyridines is 1. The molecule has 0 saturated carbocycles. The average Bonchev–Trinajstić information content (AvgIpc) is 2.93. The summed E-state index contributed by atoms with van der Waals surface area (Å²) in [6.07, 6.45) is 0. The van der Waals surface area contributed by atoms with Crippen LogP contribution in [0.15, 0.2) is 99.1 Å². The number of rotatable bonds is 8. The molecule has 0 aromatic heterocycles. The van der Waals surface area contributed by atoms with Gasteiger partial charge in [0.05, 0.1) is 41.1 Å². The fourth-order valence-corrected chi connectivity index (χ4v) is 5.31. The number of hydrogen-bond donors (Lipinski definition) is 3. The highest BCUT2D eigenvalue weighted by atomic mass is 79.9. The maximum atomic E-state index is 15.1. The lowest BCUT2D eigenvalue weighted by Crippen LogP contribution is -2.31. The second kappa shape index (κ2) is 12.7. The van der Waals surface area contributed by atoms with Crippen molar-refractivity contribution >= 4 is 50.9 Å². The van der Waals surface area contributed by atoms with Crippen LogP contribution < -0.4 is 20.7 Å². The van der Waals surface area contributed by atoms with Gasteiger partial charge >= 0.3 is 0 Å². The number of allylic oxidation sites excluding steroid dienone is 2. The summed E-state index contributed by atoms with van der Waals surface area (Å²) < 4.78 is 21.3. The van der Waals surface area contributed by atoms with Crippen LogP contribution in [-0.4, -0.2) is 24.7 Å². The highest BCUT2D eigenvalue weighted by Gasteiger charge is 2.36. The van der Waals surface area contributed by atoms with E-state index in [1.807, 2.05) is 12.1 Å². The summed E-state index contributed by atoms with van der Waals surface area (Å²) in [4.78, 5) is 26.2. The number of thioether (sulfide) groups is 1. The summed E-state index contributed by atoms with van der Waals surface area (Å²) in [6, 6.07) is 22.3. The summed E-state index contributed by atoms with van der Waals surface area (Å²) in [6.45, 7) is 1.68. The van der Waals surface area contributed by atoms with Crippen molar-refractivity contribution in [3.05, 3.63) is 111 Å². The molecule has 0 bridgehead atoms. The van der Waals surface area contributed by atoms with Crippen LogP contribution in [0, 0.1) is 17.1 Å². The molecule has 0 aliphatic carbocycles. The molecular formula is C29H24BrFN4O3S. The normalized spacial score (nSPS) is 14.8. The van der Waals surface area contributed by atoms with Gasteiger partial charge in [0.2, 0.25) is 5.91 Å². The van der Waals surface area contributed by atoms with Crippen LogP contribution in [0.5, 0.6) is 5.75 Å². The molecular weight excluding hydrogens is 583 g/mol. The number of nitrogens with zero attached hydrogens (tertiary/aromatic N) is 1. The number of benzene rings is 3. The lowest BCUT2D eigenvalue weighted by atomic mass is 9.82. The van der Waals surface area contributed by atoms with Crippen molar-refractivity contribution in [2.24, 2.45) is 0 Å². The van der Waals surface area contributed by atoms with Crippen LogP contribution in [0.4, 0.5) is 15.8 Å². The average molecular weight is 608 g/mol. The SMILES string of the molecule is COc1ccccc1NC(=O)C1=C(C)NC(SCC(=O)Nc2ccc(Br)cc2)=C(C#N)C1c1ccccc1F. The highest BCUT2D eigenvalue weighted by molar-refractivity contribution is 9.10. The minimum Gasteiger partial charge on any atom is -0.495 e. The molecule has 0 saturated heterocycles. The lowest BCUT2D eigenvalue weighted by Gasteiger charge is -2.30. The van der Waals surface area contributed by atoms with Crippen LogP contribution in [0.3, 0.4) is 0 Å². The van der Waals surface area contributed by atoms with E-state index in [1.54, 1.807) is 61.5 Å². The van der Waals surface area contributed by atoms with E-state index in [0.29, 0.717) is 27.9 Å². The van der Waals surface area contributed by atoms with Crippen molar-refractivity contribution in [2.45, 2.75) is 12.8 Å². The second-order valence-corrected chi connectivity index (χ2v) is 10.4. The number of nitrogens with one attached hydrogen (secondary N) is 3. The maximum Gasteiger partial charge on any atom is 0.254 e. The summed E-state index contributed by atoms with van der Waals surface area (Å²) in [5, 5.41) is 19.3. The van der Waals surface area contributed by atoms with Crippen LogP contribution >= 0.6 is 27.7 Å². The molecule has 3 aromatic carbocycles. The predicted molar refractivity (Wildman–Crippen MR) is 154 cm³/mol. The van der Waals surface area contributed by atoms with E-state index in [1.165, 1.54) is 13.2 Å². The minimum absolute atomic E-state index is 0.0103. The van der Waals surface area contributed by atoms with Crippen LogP contribution in [0.25, 0.3) is 0 Å². The second-order valence-electron chi connectivity index (χ2n) is 8.47. The Balaban J connectivity index is 1.65. The van der Waals surface area contributed by atoms with Crippen molar-refractivity contribution in [2.75, 3.05) is 23.5 Å². The monoisotopic (exact) mass is 606 g/mol. The Hall–Kier alpha value is -4.07. The summed E-state index contributed by atoms with van der Waals surface area (Å²) >= 11 is 4.47. The third kappa shape index (κ3) is 6.50.